The summed E-state index contributed by atoms with van der Waals surface area (Å²) in [4.78, 5) is 15.6. The van der Waals surface area contributed by atoms with E-state index in [-0.39, 0.29) is 12.2 Å². The zero-order valence-corrected chi connectivity index (χ0v) is 12.3. The van der Waals surface area contributed by atoms with Crippen LogP contribution in [0.3, 0.4) is 0 Å². The van der Waals surface area contributed by atoms with Crippen LogP contribution in [0.1, 0.15) is 36.3 Å². The molecule has 1 aromatic rings. The highest BCUT2D eigenvalue weighted by Gasteiger charge is 2.21. The molecule has 0 spiro atoms. The lowest BCUT2D eigenvalue weighted by molar-refractivity contribution is -0.136. The molecule has 0 amide bonds. The fraction of sp³-hybridized carbons (Fsp3) is 0.636. The van der Waals surface area contributed by atoms with Gasteiger partial charge in [0.1, 0.15) is 10.8 Å². The summed E-state index contributed by atoms with van der Waals surface area (Å²) in [6, 6.07) is 0. The monoisotopic (exact) mass is 291 g/mol. The number of nitrogens with zero attached hydrogens (tertiary/aromatic N) is 1. The third kappa shape index (κ3) is 3.78. The van der Waals surface area contributed by atoms with Gasteiger partial charge in [0.05, 0.1) is 17.4 Å². The quantitative estimate of drug-likeness (QED) is 0.861. The Morgan fingerprint density at radius 3 is 2.50 bits per heavy atom. The number of carboxylic acids is 1. The van der Waals surface area contributed by atoms with Crippen LogP contribution in [0.25, 0.3) is 0 Å². The standard InChI is InChI=1S/C11H17NO4S2/c1-4-8-9(5-11(13)14)17-10(12-8)6-18(15,16)7(2)3/h7H,4-6H2,1-3H3,(H,13,14). The van der Waals surface area contributed by atoms with Crippen LogP contribution in [-0.4, -0.2) is 29.7 Å². The molecule has 0 bridgehead atoms. The van der Waals surface area contributed by atoms with Crippen LogP contribution in [0.2, 0.25) is 0 Å². The first kappa shape index (κ1) is 15.1. The Hall–Kier alpha value is -0.950. The second kappa shape index (κ2) is 5.79. The fourth-order valence-corrected chi connectivity index (χ4v) is 3.80. The van der Waals surface area contributed by atoms with E-state index in [0.29, 0.717) is 22.0 Å². The predicted octanol–water partition coefficient (Wildman–Crippen LogP) is 1.66. The molecule has 0 aliphatic carbocycles. The Balaban J connectivity index is 2.99. The van der Waals surface area contributed by atoms with Crippen molar-refractivity contribution in [2.24, 2.45) is 0 Å². The lowest BCUT2D eigenvalue weighted by Gasteiger charge is -2.04. The number of hydrogen-bond acceptors (Lipinski definition) is 5. The van der Waals surface area contributed by atoms with Crippen LogP contribution in [0.4, 0.5) is 0 Å². The highest BCUT2D eigenvalue weighted by Crippen LogP contribution is 2.23. The second-order valence-electron chi connectivity index (χ2n) is 4.26. The van der Waals surface area contributed by atoms with Crippen LogP contribution in [-0.2, 0) is 33.2 Å². The summed E-state index contributed by atoms with van der Waals surface area (Å²) in [6.45, 7) is 5.13. The zero-order valence-electron chi connectivity index (χ0n) is 10.6. The normalized spacial score (nSPS) is 12.0. The molecule has 1 heterocycles. The van der Waals surface area contributed by atoms with Crippen LogP contribution >= 0.6 is 11.3 Å². The Kier molecular flexibility index (Phi) is 4.86. The maximum Gasteiger partial charge on any atom is 0.308 e. The van der Waals surface area contributed by atoms with Gasteiger partial charge in [-0.05, 0) is 20.3 Å². The lowest BCUT2D eigenvalue weighted by atomic mass is 10.2. The van der Waals surface area contributed by atoms with Gasteiger partial charge in [-0.2, -0.15) is 0 Å². The van der Waals surface area contributed by atoms with Crippen LogP contribution < -0.4 is 0 Å². The maximum atomic E-state index is 11.8. The summed E-state index contributed by atoms with van der Waals surface area (Å²) >= 11 is 1.19. The largest absolute Gasteiger partial charge is 0.481 e. The highest BCUT2D eigenvalue weighted by molar-refractivity contribution is 7.91. The molecule has 0 aliphatic rings. The summed E-state index contributed by atoms with van der Waals surface area (Å²) in [5.74, 6) is -1.03. The van der Waals surface area contributed by atoms with Crippen molar-refractivity contribution in [3.05, 3.63) is 15.6 Å². The number of rotatable bonds is 6. The van der Waals surface area contributed by atoms with E-state index in [1.165, 1.54) is 11.3 Å². The van der Waals surface area contributed by atoms with Crippen molar-refractivity contribution in [2.45, 2.75) is 44.6 Å². The lowest BCUT2D eigenvalue weighted by Crippen LogP contribution is -2.15. The fourth-order valence-electron chi connectivity index (χ4n) is 1.39. The van der Waals surface area contributed by atoms with Gasteiger partial charge in [0.15, 0.2) is 9.84 Å². The second-order valence-corrected chi connectivity index (χ2v) is 7.98. The summed E-state index contributed by atoms with van der Waals surface area (Å²) in [7, 11) is -3.19. The van der Waals surface area contributed by atoms with Gasteiger partial charge in [-0.15, -0.1) is 11.3 Å². The third-order valence-electron chi connectivity index (χ3n) is 2.51. The van der Waals surface area contributed by atoms with Gasteiger partial charge in [-0.3, -0.25) is 4.79 Å². The molecule has 0 saturated carbocycles. The van der Waals surface area contributed by atoms with Gasteiger partial charge in [-0.25, -0.2) is 13.4 Å². The smallest absolute Gasteiger partial charge is 0.308 e. The molecule has 1 aromatic heterocycles. The average Bonchev–Trinajstić information content (AvgIpc) is 2.58. The third-order valence-corrected chi connectivity index (χ3v) is 5.90. The molecule has 0 aliphatic heterocycles. The summed E-state index contributed by atoms with van der Waals surface area (Å²) in [5, 5.41) is 8.81. The summed E-state index contributed by atoms with van der Waals surface area (Å²) in [5.41, 5.74) is 0.691. The van der Waals surface area contributed by atoms with E-state index >= 15 is 0 Å². The van der Waals surface area contributed by atoms with E-state index in [1.54, 1.807) is 13.8 Å². The molecule has 18 heavy (non-hydrogen) atoms. The topological polar surface area (TPSA) is 84.3 Å². The Labute approximate surface area is 111 Å². The van der Waals surface area contributed by atoms with Gasteiger partial charge in [0.2, 0.25) is 0 Å². The van der Waals surface area contributed by atoms with E-state index in [0.717, 1.165) is 0 Å². The Morgan fingerprint density at radius 1 is 1.44 bits per heavy atom. The van der Waals surface area contributed by atoms with Crippen LogP contribution in [0.15, 0.2) is 0 Å². The molecule has 7 heteroatoms. The van der Waals surface area contributed by atoms with Crippen LogP contribution in [0.5, 0.6) is 0 Å². The number of carboxylic acid groups (broad SMARTS) is 1. The molecule has 0 fully saturated rings. The van der Waals surface area contributed by atoms with Gasteiger partial charge in [0.25, 0.3) is 0 Å². The first-order valence-corrected chi connectivity index (χ1v) is 8.20. The van der Waals surface area contributed by atoms with Crippen molar-refractivity contribution in [3.63, 3.8) is 0 Å². The molecule has 0 atom stereocenters. The molecule has 102 valence electrons. The Morgan fingerprint density at radius 2 is 2.06 bits per heavy atom. The minimum Gasteiger partial charge on any atom is -0.481 e. The van der Waals surface area contributed by atoms with Crippen molar-refractivity contribution < 1.29 is 18.3 Å². The van der Waals surface area contributed by atoms with E-state index < -0.39 is 21.1 Å². The van der Waals surface area contributed by atoms with Crippen molar-refractivity contribution in [1.29, 1.82) is 0 Å². The van der Waals surface area contributed by atoms with E-state index in [1.807, 2.05) is 6.92 Å². The van der Waals surface area contributed by atoms with Crippen molar-refractivity contribution in [3.8, 4) is 0 Å². The molecule has 0 aromatic carbocycles. The van der Waals surface area contributed by atoms with Crippen molar-refractivity contribution in [2.75, 3.05) is 0 Å². The minimum atomic E-state index is -3.19. The zero-order chi connectivity index (χ0) is 13.9. The van der Waals surface area contributed by atoms with Crippen LogP contribution in [0, 0.1) is 0 Å². The van der Waals surface area contributed by atoms with Gasteiger partial charge >= 0.3 is 5.97 Å². The summed E-state index contributed by atoms with van der Waals surface area (Å²) in [6.07, 6.45) is 0.517. The highest BCUT2D eigenvalue weighted by atomic mass is 32.2. The molecule has 5 nitrogen and oxygen atoms in total. The maximum absolute atomic E-state index is 11.8. The molecule has 0 saturated heterocycles. The molecule has 1 N–H and O–H groups in total. The molecular weight excluding hydrogens is 274 g/mol. The molecule has 0 radical (unpaired) electrons. The van der Waals surface area contributed by atoms with Gasteiger partial charge in [-0.1, -0.05) is 6.92 Å². The van der Waals surface area contributed by atoms with Crippen molar-refractivity contribution in [1.82, 2.24) is 4.98 Å². The first-order chi connectivity index (χ1) is 8.26. The average molecular weight is 291 g/mol. The minimum absolute atomic E-state index is 0.0947. The number of thiazole rings is 1. The number of hydrogen-bond donors (Lipinski definition) is 1. The molecule has 0 unspecified atom stereocenters. The van der Waals surface area contributed by atoms with Gasteiger partial charge in [0, 0.05) is 4.88 Å². The SMILES string of the molecule is CCc1nc(CS(=O)(=O)C(C)C)sc1CC(=O)O. The summed E-state index contributed by atoms with van der Waals surface area (Å²) < 4.78 is 23.6. The molecular formula is C11H17NO4S2. The first-order valence-electron chi connectivity index (χ1n) is 5.67. The van der Waals surface area contributed by atoms with E-state index in [2.05, 4.69) is 4.98 Å². The van der Waals surface area contributed by atoms with E-state index in [4.69, 9.17) is 5.11 Å². The van der Waals surface area contributed by atoms with Crippen molar-refractivity contribution >= 4 is 27.1 Å². The van der Waals surface area contributed by atoms with E-state index in [9.17, 15) is 13.2 Å². The Bertz CT molecular complexity index is 531. The number of aliphatic carboxylic acids is 1. The van der Waals surface area contributed by atoms with Gasteiger partial charge < -0.3 is 5.11 Å². The predicted molar refractivity (Wildman–Crippen MR) is 70.6 cm³/mol. The molecule has 1 rings (SSSR count). The number of aromatic nitrogens is 1. The number of sulfone groups is 1. The number of carbonyl (C=O) groups is 1. The number of aryl methyl sites for hydroxylation is 1.